The van der Waals surface area contributed by atoms with Gasteiger partial charge in [-0.15, -0.1) is 11.8 Å². The summed E-state index contributed by atoms with van der Waals surface area (Å²) in [5.74, 6) is 1.76. The van der Waals surface area contributed by atoms with Crippen LogP contribution in [0.2, 0.25) is 0 Å². The zero-order valence-electron chi connectivity index (χ0n) is 14.4. The van der Waals surface area contributed by atoms with Gasteiger partial charge in [0.25, 0.3) is 0 Å². The first-order valence-corrected chi connectivity index (χ1v) is 8.53. The van der Waals surface area contributed by atoms with Crippen LogP contribution in [0.4, 0.5) is 0 Å². The van der Waals surface area contributed by atoms with Crippen LogP contribution in [0.1, 0.15) is 47.1 Å². The Morgan fingerprint density at radius 1 is 0.682 bits per heavy atom. The number of rotatable bonds is 3. The van der Waals surface area contributed by atoms with Crippen molar-refractivity contribution in [2.75, 3.05) is 0 Å². The molecule has 0 fully saturated rings. The van der Waals surface area contributed by atoms with E-state index in [0.717, 1.165) is 11.5 Å². The third-order valence-corrected chi connectivity index (χ3v) is 4.32. The number of ether oxygens (including phenoxy) is 1. The van der Waals surface area contributed by atoms with Gasteiger partial charge in [-0.25, -0.2) is 0 Å². The van der Waals surface area contributed by atoms with Crippen molar-refractivity contribution < 1.29 is 4.74 Å². The van der Waals surface area contributed by atoms with Crippen LogP contribution in [0.25, 0.3) is 0 Å². The van der Waals surface area contributed by atoms with Crippen molar-refractivity contribution in [1.29, 1.82) is 0 Å². The third-order valence-electron chi connectivity index (χ3n) is 3.20. The Morgan fingerprint density at radius 3 is 1.55 bits per heavy atom. The fourth-order valence-corrected chi connectivity index (χ4v) is 3.07. The van der Waals surface area contributed by atoms with Crippen molar-refractivity contribution in [1.82, 2.24) is 0 Å². The molecule has 22 heavy (non-hydrogen) atoms. The van der Waals surface area contributed by atoms with Crippen molar-refractivity contribution in [3.8, 4) is 11.5 Å². The zero-order valence-corrected chi connectivity index (χ0v) is 15.3. The lowest BCUT2D eigenvalue weighted by atomic mass is 9.87. The molecule has 0 saturated heterocycles. The molecule has 0 aliphatic rings. The number of hydrogen-bond donors (Lipinski definition) is 0. The summed E-state index contributed by atoms with van der Waals surface area (Å²) in [5.41, 5.74) is 1.49. The van der Waals surface area contributed by atoms with Crippen molar-refractivity contribution in [3.05, 3.63) is 54.1 Å². The van der Waals surface area contributed by atoms with Crippen LogP contribution in [0.5, 0.6) is 11.5 Å². The van der Waals surface area contributed by atoms with E-state index < -0.39 is 0 Å². The summed E-state index contributed by atoms with van der Waals surface area (Å²) in [5, 5.41) is 0. The van der Waals surface area contributed by atoms with E-state index in [1.54, 1.807) is 0 Å². The molecule has 0 atom stereocenters. The minimum absolute atomic E-state index is 0.171. The maximum atomic E-state index is 5.92. The molecule has 0 N–H and O–H groups in total. The van der Waals surface area contributed by atoms with Crippen LogP contribution >= 0.6 is 11.8 Å². The van der Waals surface area contributed by atoms with Gasteiger partial charge in [-0.05, 0) is 47.4 Å². The van der Waals surface area contributed by atoms with E-state index in [0.29, 0.717) is 0 Å². The van der Waals surface area contributed by atoms with Crippen LogP contribution in [0, 0.1) is 0 Å². The van der Waals surface area contributed by atoms with E-state index in [9.17, 15) is 0 Å². The van der Waals surface area contributed by atoms with Crippen molar-refractivity contribution in [2.45, 2.75) is 56.6 Å². The van der Waals surface area contributed by atoms with E-state index in [-0.39, 0.29) is 10.2 Å². The molecule has 0 aromatic heterocycles. The first-order valence-electron chi connectivity index (χ1n) is 7.71. The van der Waals surface area contributed by atoms with E-state index in [1.165, 1.54) is 10.5 Å². The quantitative estimate of drug-likeness (QED) is 0.585. The minimum atomic E-state index is 0.171. The normalized spacial score (nSPS) is 12.3. The van der Waals surface area contributed by atoms with Gasteiger partial charge < -0.3 is 4.74 Å². The summed E-state index contributed by atoms with van der Waals surface area (Å²) in [4.78, 5) is 1.27. The van der Waals surface area contributed by atoms with Crippen molar-refractivity contribution in [3.63, 3.8) is 0 Å². The van der Waals surface area contributed by atoms with Crippen molar-refractivity contribution in [2.24, 2.45) is 0 Å². The highest BCUT2D eigenvalue weighted by atomic mass is 32.2. The Bertz CT molecular complexity index is 598. The fraction of sp³-hybridized carbons (Fsp3) is 0.400. The Morgan fingerprint density at radius 2 is 1.14 bits per heavy atom. The van der Waals surface area contributed by atoms with E-state index in [4.69, 9.17) is 4.74 Å². The van der Waals surface area contributed by atoms with Crippen LogP contribution < -0.4 is 4.74 Å². The Hall–Kier alpha value is -1.41. The van der Waals surface area contributed by atoms with Gasteiger partial charge in [0.2, 0.25) is 0 Å². The second kappa shape index (κ2) is 6.37. The van der Waals surface area contributed by atoms with Crippen LogP contribution in [-0.2, 0) is 5.41 Å². The highest BCUT2D eigenvalue weighted by Crippen LogP contribution is 2.33. The maximum absolute atomic E-state index is 5.92. The molecule has 0 heterocycles. The topological polar surface area (TPSA) is 9.23 Å². The second-order valence-electron chi connectivity index (χ2n) is 7.56. The summed E-state index contributed by atoms with van der Waals surface area (Å²) in [7, 11) is 0. The standard InChI is InChI=1S/C20H26OS/c1-19(2,3)15-7-9-16(10-8-15)21-17-11-13-18(14-12-17)22-20(4,5)6/h7-14H,1-6H3. The molecule has 0 aliphatic heterocycles. The predicted octanol–water partition coefficient (Wildman–Crippen LogP) is 6.67. The summed E-state index contributed by atoms with van der Waals surface area (Å²) >= 11 is 1.86. The molecule has 0 amide bonds. The highest BCUT2D eigenvalue weighted by Gasteiger charge is 2.13. The van der Waals surface area contributed by atoms with Gasteiger partial charge in [0.1, 0.15) is 11.5 Å². The van der Waals surface area contributed by atoms with E-state index in [1.807, 2.05) is 36.0 Å². The first kappa shape index (κ1) is 17.0. The Balaban J connectivity index is 2.05. The van der Waals surface area contributed by atoms with Gasteiger partial charge in [-0.3, -0.25) is 0 Å². The summed E-state index contributed by atoms with van der Waals surface area (Å²) < 4.78 is 6.15. The molecule has 0 bridgehead atoms. The van der Waals surface area contributed by atoms with Crippen LogP contribution in [-0.4, -0.2) is 4.75 Å². The summed E-state index contributed by atoms with van der Waals surface area (Å²) in [6.07, 6.45) is 0. The van der Waals surface area contributed by atoms with Gasteiger partial charge in [0, 0.05) is 9.64 Å². The SMILES string of the molecule is CC(C)(C)Sc1ccc(Oc2ccc(C(C)(C)C)cc2)cc1. The van der Waals surface area contributed by atoms with Crippen LogP contribution in [0.15, 0.2) is 53.4 Å². The maximum Gasteiger partial charge on any atom is 0.127 e. The molecule has 2 aromatic carbocycles. The van der Waals surface area contributed by atoms with Gasteiger partial charge in [0.15, 0.2) is 0 Å². The van der Waals surface area contributed by atoms with Crippen molar-refractivity contribution >= 4 is 11.8 Å². The summed E-state index contributed by atoms with van der Waals surface area (Å²) in [6, 6.07) is 16.7. The minimum Gasteiger partial charge on any atom is -0.457 e. The molecule has 0 spiro atoms. The average Bonchev–Trinajstić information content (AvgIpc) is 2.39. The molecule has 2 aromatic rings. The molecular formula is C20H26OS. The highest BCUT2D eigenvalue weighted by molar-refractivity contribution is 8.00. The molecule has 2 heteroatoms. The van der Waals surface area contributed by atoms with Crippen LogP contribution in [0.3, 0.4) is 0 Å². The fourth-order valence-electron chi connectivity index (χ4n) is 2.09. The third kappa shape index (κ3) is 5.10. The first-order chi connectivity index (χ1) is 10.1. The molecule has 0 aliphatic carbocycles. The lowest BCUT2D eigenvalue weighted by molar-refractivity contribution is 0.481. The van der Waals surface area contributed by atoms with E-state index in [2.05, 4.69) is 65.8 Å². The Kier molecular flexibility index (Phi) is 4.91. The molecule has 0 radical (unpaired) electrons. The number of benzene rings is 2. The average molecular weight is 314 g/mol. The summed E-state index contributed by atoms with van der Waals surface area (Å²) in [6.45, 7) is 13.3. The van der Waals surface area contributed by atoms with Gasteiger partial charge in [-0.2, -0.15) is 0 Å². The Labute approximate surface area is 139 Å². The molecule has 1 nitrogen and oxygen atoms in total. The van der Waals surface area contributed by atoms with E-state index >= 15 is 0 Å². The largest absolute Gasteiger partial charge is 0.457 e. The predicted molar refractivity (Wildman–Crippen MR) is 97.3 cm³/mol. The molecular weight excluding hydrogens is 288 g/mol. The zero-order chi connectivity index (χ0) is 16.4. The van der Waals surface area contributed by atoms with Gasteiger partial charge >= 0.3 is 0 Å². The molecule has 2 rings (SSSR count). The van der Waals surface area contributed by atoms with Gasteiger partial charge in [-0.1, -0.05) is 53.7 Å². The van der Waals surface area contributed by atoms with Gasteiger partial charge in [0.05, 0.1) is 0 Å². The number of thioether (sulfide) groups is 1. The monoisotopic (exact) mass is 314 g/mol. The number of hydrogen-bond acceptors (Lipinski definition) is 2. The lowest BCUT2D eigenvalue weighted by Crippen LogP contribution is -2.10. The lowest BCUT2D eigenvalue weighted by Gasteiger charge is -2.19. The molecule has 0 saturated carbocycles. The molecule has 118 valence electrons. The second-order valence-corrected chi connectivity index (χ2v) is 9.46. The molecule has 0 unspecified atom stereocenters. The smallest absolute Gasteiger partial charge is 0.127 e.